The van der Waals surface area contributed by atoms with Crippen LogP contribution in [0.3, 0.4) is 0 Å². The molecule has 0 aliphatic carbocycles. The van der Waals surface area contributed by atoms with Gasteiger partial charge in [0.15, 0.2) is 0 Å². The molecule has 1 rings (SSSR count). The third-order valence-corrected chi connectivity index (χ3v) is 2.58. The van der Waals surface area contributed by atoms with E-state index in [4.69, 9.17) is 4.74 Å². The van der Waals surface area contributed by atoms with Crippen LogP contribution in [-0.4, -0.2) is 41.9 Å². The Hall–Kier alpha value is -1.20. The van der Waals surface area contributed by atoms with Crippen molar-refractivity contribution in [2.75, 3.05) is 31.7 Å². The molecule has 18 heavy (non-hydrogen) atoms. The molecule has 5 heteroatoms. The van der Waals surface area contributed by atoms with E-state index in [1.807, 2.05) is 6.92 Å². The van der Waals surface area contributed by atoms with E-state index in [1.165, 1.54) is 0 Å². The minimum Gasteiger partial charge on any atom is -0.391 e. The Balaban J connectivity index is 2.98. The van der Waals surface area contributed by atoms with E-state index in [0.29, 0.717) is 18.3 Å². The molecule has 0 saturated heterocycles. The molecule has 0 spiro atoms. The number of hydrogen-bond donors (Lipinski definition) is 1. The number of aromatic nitrogens is 2. The van der Waals surface area contributed by atoms with E-state index in [2.05, 4.69) is 28.7 Å². The van der Waals surface area contributed by atoms with Crippen molar-refractivity contribution in [3.8, 4) is 0 Å². The maximum Gasteiger partial charge on any atom is 0.137 e. The first-order valence-electron chi connectivity index (χ1n) is 6.25. The number of aryl methyl sites for hydroxylation is 1. The van der Waals surface area contributed by atoms with Gasteiger partial charge < -0.3 is 14.7 Å². The normalized spacial score (nSPS) is 11.0. The molecule has 0 bridgehead atoms. The molecule has 0 unspecified atom stereocenters. The summed E-state index contributed by atoms with van der Waals surface area (Å²) in [5.41, 5.74) is 0.761. The Morgan fingerprint density at radius 2 is 2.17 bits per heavy atom. The number of methoxy groups -OCH3 is 1. The number of aliphatic hydroxyl groups excluding tert-OH is 1. The van der Waals surface area contributed by atoms with Gasteiger partial charge in [-0.25, -0.2) is 9.97 Å². The highest BCUT2D eigenvalue weighted by Crippen LogP contribution is 2.18. The molecule has 0 atom stereocenters. The van der Waals surface area contributed by atoms with Crippen molar-refractivity contribution in [3.05, 3.63) is 17.6 Å². The second-order valence-corrected chi connectivity index (χ2v) is 4.76. The van der Waals surface area contributed by atoms with E-state index in [9.17, 15) is 5.11 Å². The van der Waals surface area contributed by atoms with Crippen LogP contribution < -0.4 is 4.90 Å². The van der Waals surface area contributed by atoms with Gasteiger partial charge in [-0.2, -0.15) is 0 Å². The van der Waals surface area contributed by atoms with E-state index in [1.54, 1.807) is 13.3 Å². The van der Waals surface area contributed by atoms with Gasteiger partial charge in [0.05, 0.1) is 13.2 Å². The standard InChI is InChI=1S/C13H23N3O2/c1-10(2)8-16(5-6-18-4)13-12(9-17)7-14-11(3)15-13/h7,10,17H,5-6,8-9H2,1-4H3. The monoisotopic (exact) mass is 253 g/mol. The Morgan fingerprint density at radius 3 is 2.72 bits per heavy atom. The van der Waals surface area contributed by atoms with Crippen LogP contribution in [0.5, 0.6) is 0 Å². The molecule has 0 saturated carbocycles. The summed E-state index contributed by atoms with van der Waals surface area (Å²) in [7, 11) is 1.69. The van der Waals surface area contributed by atoms with Gasteiger partial charge in [0.2, 0.25) is 0 Å². The van der Waals surface area contributed by atoms with Gasteiger partial charge in [-0.15, -0.1) is 0 Å². The average molecular weight is 253 g/mol. The minimum absolute atomic E-state index is 0.0445. The zero-order valence-corrected chi connectivity index (χ0v) is 11.7. The van der Waals surface area contributed by atoms with Crippen molar-refractivity contribution in [3.63, 3.8) is 0 Å². The molecule has 0 aliphatic heterocycles. The van der Waals surface area contributed by atoms with E-state index < -0.39 is 0 Å². The van der Waals surface area contributed by atoms with Crippen LogP contribution in [0.1, 0.15) is 25.2 Å². The lowest BCUT2D eigenvalue weighted by molar-refractivity contribution is 0.204. The number of aliphatic hydroxyl groups is 1. The summed E-state index contributed by atoms with van der Waals surface area (Å²) in [6.07, 6.45) is 1.69. The first-order valence-corrected chi connectivity index (χ1v) is 6.25. The van der Waals surface area contributed by atoms with E-state index >= 15 is 0 Å². The van der Waals surface area contributed by atoms with Crippen molar-refractivity contribution >= 4 is 5.82 Å². The Kier molecular flexibility index (Phi) is 6.01. The van der Waals surface area contributed by atoms with Crippen LogP contribution in [-0.2, 0) is 11.3 Å². The summed E-state index contributed by atoms with van der Waals surface area (Å²) in [5, 5.41) is 9.38. The zero-order chi connectivity index (χ0) is 13.5. The first-order chi connectivity index (χ1) is 8.58. The topological polar surface area (TPSA) is 58.5 Å². The number of ether oxygens (including phenoxy) is 1. The summed E-state index contributed by atoms with van der Waals surface area (Å²) in [6.45, 7) is 8.41. The predicted octanol–water partition coefficient (Wildman–Crippen LogP) is 1.39. The molecule has 1 aromatic heterocycles. The molecule has 0 radical (unpaired) electrons. The Labute approximate surface area is 109 Å². The molecule has 5 nitrogen and oxygen atoms in total. The number of anilines is 1. The average Bonchev–Trinajstić information content (AvgIpc) is 2.34. The van der Waals surface area contributed by atoms with Crippen molar-refractivity contribution in [1.82, 2.24) is 9.97 Å². The SMILES string of the molecule is COCCN(CC(C)C)c1nc(C)ncc1CO. The van der Waals surface area contributed by atoms with Crippen LogP contribution in [0.4, 0.5) is 5.82 Å². The predicted molar refractivity (Wildman–Crippen MR) is 71.6 cm³/mol. The zero-order valence-electron chi connectivity index (χ0n) is 11.7. The van der Waals surface area contributed by atoms with Gasteiger partial charge in [-0.05, 0) is 12.8 Å². The number of hydrogen-bond acceptors (Lipinski definition) is 5. The molecule has 102 valence electrons. The molecule has 0 fully saturated rings. The van der Waals surface area contributed by atoms with Crippen molar-refractivity contribution in [2.45, 2.75) is 27.4 Å². The smallest absolute Gasteiger partial charge is 0.137 e. The van der Waals surface area contributed by atoms with Gasteiger partial charge in [0, 0.05) is 32.0 Å². The molecule has 0 aromatic carbocycles. The second kappa shape index (κ2) is 7.28. The lowest BCUT2D eigenvalue weighted by Gasteiger charge is -2.27. The fraction of sp³-hybridized carbons (Fsp3) is 0.692. The van der Waals surface area contributed by atoms with E-state index in [0.717, 1.165) is 24.5 Å². The third kappa shape index (κ3) is 4.23. The highest BCUT2D eigenvalue weighted by atomic mass is 16.5. The minimum atomic E-state index is -0.0445. The van der Waals surface area contributed by atoms with Crippen molar-refractivity contribution in [2.24, 2.45) is 5.92 Å². The third-order valence-electron chi connectivity index (χ3n) is 2.58. The number of nitrogens with zero attached hydrogens (tertiary/aromatic N) is 3. The van der Waals surface area contributed by atoms with Crippen molar-refractivity contribution in [1.29, 1.82) is 0 Å². The quantitative estimate of drug-likeness (QED) is 0.795. The highest BCUT2D eigenvalue weighted by Gasteiger charge is 2.14. The van der Waals surface area contributed by atoms with Gasteiger partial charge in [0.25, 0.3) is 0 Å². The molecule has 0 aliphatic rings. The molecule has 1 N–H and O–H groups in total. The molecule has 1 heterocycles. The fourth-order valence-electron chi connectivity index (χ4n) is 1.79. The summed E-state index contributed by atoms with van der Waals surface area (Å²) in [5.74, 6) is 2.05. The summed E-state index contributed by atoms with van der Waals surface area (Å²) in [4.78, 5) is 10.7. The van der Waals surface area contributed by atoms with Gasteiger partial charge in [0.1, 0.15) is 11.6 Å². The number of rotatable bonds is 7. The molecular weight excluding hydrogens is 230 g/mol. The van der Waals surface area contributed by atoms with Gasteiger partial charge in [-0.1, -0.05) is 13.8 Å². The molecule has 1 aromatic rings. The fourth-order valence-corrected chi connectivity index (χ4v) is 1.79. The maximum atomic E-state index is 9.38. The summed E-state index contributed by atoms with van der Waals surface area (Å²) >= 11 is 0. The summed E-state index contributed by atoms with van der Waals surface area (Å²) in [6, 6.07) is 0. The van der Waals surface area contributed by atoms with Gasteiger partial charge >= 0.3 is 0 Å². The lowest BCUT2D eigenvalue weighted by atomic mass is 10.2. The highest BCUT2D eigenvalue weighted by molar-refractivity contribution is 5.45. The molecular formula is C13H23N3O2. The maximum absolute atomic E-state index is 9.38. The second-order valence-electron chi connectivity index (χ2n) is 4.76. The molecule has 0 amide bonds. The Morgan fingerprint density at radius 1 is 1.44 bits per heavy atom. The lowest BCUT2D eigenvalue weighted by Crippen LogP contribution is -2.32. The van der Waals surface area contributed by atoms with Crippen LogP contribution in [0.2, 0.25) is 0 Å². The van der Waals surface area contributed by atoms with Crippen LogP contribution in [0.25, 0.3) is 0 Å². The van der Waals surface area contributed by atoms with E-state index in [-0.39, 0.29) is 6.61 Å². The van der Waals surface area contributed by atoms with Crippen LogP contribution in [0.15, 0.2) is 6.20 Å². The van der Waals surface area contributed by atoms with Crippen LogP contribution >= 0.6 is 0 Å². The summed E-state index contributed by atoms with van der Waals surface area (Å²) < 4.78 is 5.13. The van der Waals surface area contributed by atoms with Crippen LogP contribution in [0, 0.1) is 12.8 Å². The Bertz CT molecular complexity index is 369. The van der Waals surface area contributed by atoms with Crippen molar-refractivity contribution < 1.29 is 9.84 Å². The van der Waals surface area contributed by atoms with Gasteiger partial charge in [-0.3, -0.25) is 0 Å². The first kappa shape index (κ1) is 14.9. The largest absolute Gasteiger partial charge is 0.391 e.